The Hall–Kier alpha value is -1.98. The second-order valence-electron chi connectivity index (χ2n) is 6.51. The van der Waals surface area contributed by atoms with Gasteiger partial charge in [-0.05, 0) is 37.1 Å². The Kier molecular flexibility index (Phi) is 9.38. The number of thioether (sulfide) groups is 1. The van der Waals surface area contributed by atoms with E-state index in [1.807, 2.05) is 43.3 Å². The molecule has 0 fully saturated rings. The van der Waals surface area contributed by atoms with E-state index in [-0.39, 0.29) is 11.8 Å². The SMILES string of the molecule is CCNC(=O)[C@H](C)N(Cc1cccc(Cl)c1)C(=O)CCSCc1ccccc1. The normalized spacial score (nSPS) is 11.7. The van der Waals surface area contributed by atoms with Crippen molar-refractivity contribution < 1.29 is 9.59 Å². The fourth-order valence-corrected chi connectivity index (χ4v) is 3.91. The van der Waals surface area contributed by atoms with Crippen LogP contribution >= 0.6 is 23.4 Å². The predicted molar refractivity (Wildman–Crippen MR) is 117 cm³/mol. The lowest BCUT2D eigenvalue weighted by Gasteiger charge is -2.28. The lowest BCUT2D eigenvalue weighted by Crippen LogP contribution is -2.47. The van der Waals surface area contributed by atoms with Crippen molar-refractivity contribution in [2.45, 2.75) is 38.6 Å². The quantitative estimate of drug-likeness (QED) is 0.577. The van der Waals surface area contributed by atoms with Crippen molar-refractivity contribution in [3.63, 3.8) is 0 Å². The van der Waals surface area contributed by atoms with Crippen molar-refractivity contribution in [3.05, 3.63) is 70.7 Å². The highest BCUT2D eigenvalue weighted by Gasteiger charge is 2.25. The first kappa shape index (κ1) is 22.3. The van der Waals surface area contributed by atoms with Gasteiger partial charge in [-0.3, -0.25) is 9.59 Å². The van der Waals surface area contributed by atoms with E-state index >= 15 is 0 Å². The minimum absolute atomic E-state index is 0.0284. The van der Waals surface area contributed by atoms with Gasteiger partial charge in [0, 0.05) is 36.0 Å². The number of rotatable bonds is 10. The molecule has 0 bridgehead atoms. The molecular weight excluding hydrogens is 392 g/mol. The number of carbonyl (C=O) groups excluding carboxylic acids is 2. The van der Waals surface area contributed by atoms with Gasteiger partial charge in [0.2, 0.25) is 11.8 Å². The number of carbonyl (C=O) groups is 2. The Morgan fingerprint density at radius 2 is 1.82 bits per heavy atom. The van der Waals surface area contributed by atoms with Gasteiger partial charge in [0.15, 0.2) is 0 Å². The maximum absolute atomic E-state index is 12.9. The molecule has 0 aliphatic heterocycles. The van der Waals surface area contributed by atoms with E-state index in [9.17, 15) is 9.59 Å². The molecule has 2 amide bonds. The summed E-state index contributed by atoms with van der Waals surface area (Å²) < 4.78 is 0. The van der Waals surface area contributed by atoms with Gasteiger partial charge in [-0.25, -0.2) is 0 Å². The van der Waals surface area contributed by atoms with Gasteiger partial charge in [0.05, 0.1) is 0 Å². The highest BCUT2D eigenvalue weighted by molar-refractivity contribution is 7.98. The van der Waals surface area contributed by atoms with Crippen LogP contribution in [0.4, 0.5) is 0 Å². The van der Waals surface area contributed by atoms with E-state index < -0.39 is 6.04 Å². The first-order valence-corrected chi connectivity index (χ1v) is 11.0. The van der Waals surface area contributed by atoms with Crippen LogP contribution in [0.5, 0.6) is 0 Å². The molecule has 0 heterocycles. The number of nitrogens with zero attached hydrogens (tertiary/aromatic N) is 1. The zero-order valence-corrected chi connectivity index (χ0v) is 17.9. The van der Waals surface area contributed by atoms with Crippen LogP contribution in [0.2, 0.25) is 5.02 Å². The van der Waals surface area contributed by atoms with E-state index in [0.29, 0.717) is 30.3 Å². The molecule has 0 aromatic heterocycles. The molecule has 4 nitrogen and oxygen atoms in total. The summed E-state index contributed by atoms with van der Waals surface area (Å²) in [5, 5.41) is 3.42. The summed E-state index contributed by atoms with van der Waals surface area (Å²) >= 11 is 7.80. The average molecular weight is 419 g/mol. The fourth-order valence-electron chi connectivity index (χ4n) is 2.80. The smallest absolute Gasteiger partial charge is 0.242 e. The third-order valence-corrected chi connectivity index (χ3v) is 5.60. The molecule has 150 valence electrons. The molecule has 6 heteroatoms. The number of halogens is 1. The molecule has 0 saturated heterocycles. The topological polar surface area (TPSA) is 49.4 Å². The van der Waals surface area contributed by atoms with Gasteiger partial charge in [0.25, 0.3) is 0 Å². The van der Waals surface area contributed by atoms with E-state index in [1.165, 1.54) is 5.56 Å². The minimum atomic E-state index is -0.537. The van der Waals surface area contributed by atoms with Crippen molar-refractivity contribution in [2.24, 2.45) is 0 Å². The third kappa shape index (κ3) is 7.21. The molecule has 2 aromatic carbocycles. The lowest BCUT2D eigenvalue weighted by molar-refractivity contribution is -0.140. The number of nitrogens with one attached hydrogen (secondary N) is 1. The highest BCUT2D eigenvalue weighted by atomic mass is 35.5. The van der Waals surface area contributed by atoms with Crippen LogP contribution in [-0.2, 0) is 21.9 Å². The molecule has 2 aromatic rings. The number of amides is 2. The molecule has 0 radical (unpaired) electrons. The number of hydrogen-bond acceptors (Lipinski definition) is 3. The summed E-state index contributed by atoms with van der Waals surface area (Å²) in [7, 11) is 0. The van der Waals surface area contributed by atoms with Gasteiger partial charge in [-0.1, -0.05) is 54.1 Å². The average Bonchev–Trinajstić information content (AvgIpc) is 2.70. The Bertz CT molecular complexity index is 770. The largest absolute Gasteiger partial charge is 0.355 e. The summed E-state index contributed by atoms with van der Waals surface area (Å²) in [6.07, 6.45) is 0.391. The van der Waals surface area contributed by atoms with Crippen LogP contribution in [0.3, 0.4) is 0 Å². The standard InChI is InChI=1S/C22H27ClN2O2S/c1-3-24-22(27)17(2)25(15-19-10-7-11-20(23)14-19)21(26)12-13-28-16-18-8-5-4-6-9-18/h4-11,14,17H,3,12-13,15-16H2,1-2H3,(H,24,27)/t17-/m0/s1. The summed E-state index contributed by atoms with van der Waals surface area (Å²) in [6.45, 7) is 4.54. The van der Waals surface area contributed by atoms with E-state index in [2.05, 4.69) is 17.4 Å². The fraction of sp³-hybridized carbons (Fsp3) is 0.364. The molecule has 1 atom stereocenters. The van der Waals surface area contributed by atoms with E-state index in [0.717, 1.165) is 11.3 Å². The van der Waals surface area contributed by atoms with Crippen LogP contribution < -0.4 is 5.32 Å². The maximum Gasteiger partial charge on any atom is 0.242 e. The first-order chi connectivity index (χ1) is 13.5. The van der Waals surface area contributed by atoms with Gasteiger partial charge in [-0.2, -0.15) is 11.8 Å². The monoisotopic (exact) mass is 418 g/mol. The molecule has 28 heavy (non-hydrogen) atoms. The third-order valence-electron chi connectivity index (χ3n) is 4.33. The zero-order valence-electron chi connectivity index (χ0n) is 16.4. The second kappa shape index (κ2) is 11.8. The van der Waals surface area contributed by atoms with Gasteiger partial charge in [-0.15, -0.1) is 0 Å². The summed E-state index contributed by atoms with van der Waals surface area (Å²) in [4.78, 5) is 26.9. The summed E-state index contributed by atoms with van der Waals surface area (Å²) in [6, 6.07) is 17.0. The van der Waals surface area contributed by atoms with Crippen LogP contribution in [0.15, 0.2) is 54.6 Å². The highest BCUT2D eigenvalue weighted by Crippen LogP contribution is 2.17. The van der Waals surface area contributed by atoms with E-state index in [4.69, 9.17) is 11.6 Å². The maximum atomic E-state index is 12.9. The molecular formula is C22H27ClN2O2S. The van der Waals surface area contributed by atoms with Crippen molar-refractivity contribution >= 4 is 35.2 Å². The van der Waals surface area contributed by atoms with Crippen LogP contribution in [-0.4, -0.2) is 35.1 Å². The molecule has 2 rings (SSSR count). The molecule has 1 N–H and O–H groups in total. The predicted octanol–water partition coefficient (Wildman–Crippen LogP) is 4.52. The van der Waals surface area contributed by atoms with Crippen LogP contribution in [0, 0.1) is 0 Å². The zero-order chi connectivity index (χ0) is 20.4. The van der Waals surface area contributed by atoms with E-state index in [1.54, 1.807) is 29.7 Å². The molecule has 0 aliphatic carbocycles. The second-order valence-corrected chi connectivity index (χ2v) is 8.05. The number of likely N-dealkylation sites (N-methyl/N-ethyl adjacent to an activating group) is 1. The molecule has 0 saturated carbocycles. The molecule has 0 spiro atoms. The molecule has 0 aliphatic rings. The Morgan fingerprint density at radius 3 is 2.50 bits per heavy atom. The van der Waals surface area contributed by atoms with Gasteiger partial charge in [0.1, 0.15) is 6.04 Å². The minimum Gasteiger partial charge on any atom is -0.355 e. The van der Waals surface area contributed by atoms with Crippen LogP contribution in [0.1, 0.15) is 31.4 Å². The molecule has 0 unspecified atom stereocenters. The Morgan fingerprint density at radius 1 is 1.11 bits per heavy atom. The van der Waals surface area contributed by atoms with Gasteiger partial charge >= 0.3 is 0 Å². The Balaban J connectivity index is 1.98. The first-order valence-electron chi connectivity index (χ1n) is 9.44. The van der Waals surface area contributed by atoms with Crippen molar-refractivity contribution in [2.75, 3.05) is 12.3 Å². The van der Waals surface area contributed by atoms with Crippen LogP contribution in [0.25, 0.3) is 0 Å². The Labute approximate surface area is 176 Å². The lowest BCUT2D eigenvalue weighted by atomic mass is 10.1. The summed E-state index contributed by atoms with van der Waals surface area (Å²) in [5.74, 6) is 1.41. The van der Waals surface area contributed by atoms with Crippen molar-refractivity contribution in [3.8, 4) is 0 Å². The summed E-state index contributed by atoms with van der Waals surface area (Å²) in [5.41, 5.74) is 2.15. The van der Waals surface area contributed by atoms with Gasteiger partial charge < -0.3 is 10.2 Å². The van der Waals surface area contributed by atoms with Crippen molar-refractivity contribution in [1.29, 1.82) is 0 Å². The number of benzene rings is 2. The number of hydrogen-bond donors (Lipinski definition) is 1. The van der Waals surface area contributed by atoms with Crippen molar-refractivity contribution in [1.82, 2.24) is 10.2 Å².